The Labute approximate surface area is 105 Å². The van der Waals surface area contributed by atoms with E-state index < -0.39 is 0 Å². The Morgan fingerprint density at radius 3 is 2.88 bits per heavy atom. The highest BCUT2D eigenvalue weighted by Gasteiger charge is 2.09. The number of aliphatic hydroxyl groups is 1. The van der Waals surface area contributed by atoms with Crippen molar-refractivity contribution in [2.45, 2.75) is 24.0 Å². The molecule has 3 N–H and O–H groups in total. The van der Waals surface area contributed by atoms with Crippen molar-refractivity contribution in [3.63, 3.8) is 0 Å². The molecule has 0 aliphatic rings. The summed E-state index contributed by atoms with van der Waals surface area (Å²) >= 11 is 1.65. The van der Waals surface area contributed by atoms with Crippen LogP contribution in [0.2, 0.25) is 0 Å². The number of hydrogen-bond donors (Lipinski definition) is 2. The van der Waals surface area contributed by atoms with Gasteiger partial charge in [0, 0.05) is 26.9 Å². The summed E-state index contributed by atoms with van der Waals surface area (Å²) in [4.78, 5) is 5.61. The maximum Gasteiger partial charge on any atom is 0.0717 e. The van der Waals surface area contributed by atoms with E-state index in [1.807, 2.05) is 38.1 Å². The van der Waals surface area contributed by atoms with Gasteiger partial charge in [-0.15, -0.1) is 11.8 Å². The SMILES string of the molecule is Cc1cc(SC(C)CO)c2cc(N)ccc2n1. The molecule has 1 aromatic heterocycles. The number of aliphatic hydroxyl groups excluding tert-OH is 1. The van der Waals surface area contributed by atoms with Gasteiger partial charge in [-0.2, -0.15) is 0 Å². The van der Waals surface area contributed by atoms with E-state index in [4.69, 9.17) is 10.8 Å². The topological polar surface area (TPSA) is 59.1 Å². The summed E-state index contributed by atoms with van der Waals surface area (Å²) in [5, 5.41) is 10.4. The van der Waals surface area contributed by atoms with E-state index in [0.29, 0.717) is 0 Å². The Balaban J connectivity index is 2.55. The van der Waals surface area contributed by atoms with E-state index in [0.717, 1.165) is 27.2 Å². The average Bonchev–Trinajstić information content (AvgIpc) is 2.29. The molecule has 1 aromatic carbocycles. The van der Waals surface area contributed by atoms with Gasteiger partial charge in [-0.1, -0.05) is 6.92 Å². The first kappa shape index (κ1) is 12.2. The van der Waals surface area contributed by atoms with Gasteiger partial charge >= 0.3 is 0 Å². The maximum absolute atomic E-state index is 9.13. The first-order valence-corrected chi connectivity index (χ1v) is 6.42. The van der Waals surface area contributed by atoms with Gasteiger partial charge in [0.05, 0.1) is 12.1 Å². The minimum absolute atomic E-state index is 0.163. The smallest absolute Gasteiger partial charge is 0.0717 e. The minimum atomic E-state index is 0.163. The molecule has 0 radical (unpaired) electrons. The van der Waals surface area contributed by atoms with Gasteiger partial charge < -0.3 is 10.8 Å². The predicted molar refractivity (Wildman–Crippen MR) is 73.3 cm³/mol. The van der Waals surface area contributed by atoms with Gasteiger partial charge in [0.25, 0.3) is 0 Å². The van der Waals surface area contributed by atoms with E-state index in [2.05, 4.69) is 4.98 Å². The highest BCUT2D eigenvalue weighted by Crippen LogP contribution is 2.31. The molecule has 4 heteroatoms. The Kier molecular flexibility index (Phi) is 3.54. The van der Waals surface area contributed by atoms with Crippen LogP contribution in [0.25, 0.3) is 10.9 Å². The van der Waals surface area contributed by atoms with Crippen LogP contribution < -0.4 is 5.73 Å². The molecule has 0 aliphatic heterocycles. The third-order valence-corrected chi connectivity index (χ3v) is 3.65. The van der Waals surface area contributed by atoms with Crippen molar-refractivity contribution in [2.24, 2.45) is 0 Å². The molecule has 1 heterocycles. The first-order valence-electron chi connectivity index (χ1n) is 5.54. The molecule has 90 valence electrons. The molecule has 1 unspecified atom stereocenters. The number of nitrogen functional groups attached to an aromatic ring is 1. The summed E-state index contributed by atoms with van der Waals surface area (Å²) in [7, 11) is 0. The summed E-state index contributed by atoms with van der Waals surface area (Å²) in [5.74, 6) is 0. The normalized spacial score (nSPS) is 12.9. The molecule has 0 saturated carbocycles. The van der Waals surface area contributed by atoms with Crippen LogP contribution in [0.1, 0.15) is 12.6 Å². The summed E-state index contributed by atoms with van der Waals surface area (Å²) in [6.07, 6.45) is 0. The van der Waals surface area contributed by atoms with E-state index in [-0.39, 0.29) is 11.9 Å². The fraction of sp³-hybridized carbons (Fsp3) is 0.308. The quantitative estimate of drug-likeness (QED) is 0.647. The molecule has 0 bridgehead atoms. The predicted octanol–water partition coefficient (Wildman–Crippen LogP) is 2.60. The van der Waals surface area contributed by atoms with Crippen LogP contribution in [0.3, 0.4) is 0 Å². The lowest BCUT2D eigenvalue weighted by molar-refractivity contribution is 0.300. The minimum Gasteiger partial charge on any atom is -0.399 e. The molecule has 0 fully saturated rings. The van der Waals surface area contributed by atoms with Gasteiger partial charge in [0.15, 0.2) is 0 Å². The van der Waals surface area contributed by atoms with Crippen molar-refractivity contribution in [2.75, 3.05) is 12.3 Å². The lowest BCUT2D eigenvalue weighted by atomic mass is 10.2. The number of pyridine rings is 1. The first-order chi connectivity index (χ1) is 8.10. The lowest BCUT2D eigenvalue weighted by Gasteiger charge is -2.11. The highest BCUT2D eigenvalue weighted by atomic mass is 32.2. The van der Waals surface area contributed by atoms with Gasteiger partial charge in [-0.25, -0.2) is 0 Å². The number of aromatic nitrogens is 1. The van der Waals surface area contributed by atoms with Gasteiger partial charge in [0.1, 0.15) is 0 Å². The Bertz CT molecular complexity index is 542. The van der Waals surface area contributed by atoms with Gasteiger partial charge in [-0.05, 0) is 31.2 Å². The number of anilines is 1. The van der Waals surface area contributed by atoms with Crippen LogP contribution in [0, 0.1) is 6.92 Å². The molecule has 0 amide bonds. The number of hydrogen-bond acceptors (Lipinski definition) is 4. The number of benzene rings is 1. The van der Waals surface area contributed by atoms with E-state index >= 15 is 0 Å². The van der Waals surface area contributed by atoms with Crippen molar-refractivity contribution in [3.05, 3.63) is 30.0 Å². The largest absolute Gasteiger partial charge is 0.399 e. The van der Waals surface area contributed by atoms with Crippen molar-refractivity contribution < 1.29 is 5.11 Å². The number of thioether (sulfide) groups is 1. The molecule has 3 nitrogen and oxygen atoms in total. The Morgan fingerprint density at radius 1 is 1.41 bits per heavy atom. The standard InChI is InChI=1S/C13H16N2OS/c1-8-5-13(17-9(2)7-16)11-6-10(14)3-4-12(11)15-8/h3-6,9,16H,7,14H2,1-2H3. The Hall–Kier alpha value is -1.26. The summed E-state index contributed by atoms with van der Waals surface area (Å²) < 4.78 is 0. The fourth-order valence-electron chi connectivity index (χ4n) is 1.69. The highest BCUT2D eigenvalue weighted by molar-refractivity contribution is 8.00. The molecule has 0 aliphatic carbocycles. The maximum atomic E-state index is 9.13. The molecule has 0 saturated heterocycles. The number of rotatable bonds is 3. The Morgan fingerprint density at radius 2 is 2.18 bits per heavy atom. The monoisotopic (exact) mass is 248 g/mol. The van der Waals surface area contributed by atoms with E-state index in [9.17, 15) is 0 Å². The fourth-order valence-corrected chi connectivity index (χ4v) is 2.73. The molecular weight excluding hydrogens is 232 g/mol. The molecule has 2 rings (SSSR count). The van der Waals surface area contributed by atoms with Crippen LogP contribution >= 0.6 is 11.8 Å². The second-order valence-electron chi connectivity index (χ2n) is 4.15. The van der Waals surface area contributed by atoms with Crippen LogP contribution in [-0.2, 0) is 0 Å². The zero-order valence-electron chi connectivity index (χ0n) is 9.97. The molecule has 1 atom stereocenters. The van der Waals surface area contributed by atoms with Crippen molar-refractivity contribution in [1.82, 2.24) is 4.98 Å². The second kappa shape index (κ2) is 4.94. The van der Waals surface area contributed by atoms with Crippen LogP contribution in [-0.4, -0.2) is 21.9 Å². The summed E-state index contributed by atoms with van der Waals surface area (Å²) in [6, 6.07) is 7.77. The number of nitrogens with zero attached hydrogens (tertiary/aromatic N) is 1. The third-order valence-electron chi connectivity index (χ3n) is 2.51. The summed E-state index contributed by atoms with van der Waals surface area (Å²) in [5.41, 5.74) is 8.48. The summed E-state index contributed by atoms with van der Waals surface area (Å²) in [6.45, 7) is 4.14. The molecule has 2 aromatic rings. The van der Waals surface area contributed by atoms with Crippen LogP contribution in [0.4, 0.5) is 5.69 Å². The van der Waals surface area contributed by atoms with Gasteiger partial charge in [-0.3, -0.25) is 4.98 Å². The molecular formula is C13H16N2OS. The number of aryl methyl sites for hydroxylation is 1. The molecule has 17 heavy (non-hydrogen) atoms. The number of nitrogens with two attached hydrogens (primary N) is 1. The molecule has 0 spiro atoms. The van der Waals surface area contributed by atoms with Crippen molar-refractivity contribution in [3.8, 4) is 0 Å². The van der Waals surface area contributed by atoms with Crippen LogP contribution in [0.5, 0.6) is 0 Å². The lowest BCUT2D eigenvalue weighted by Crippen LogP contribution is -2.02. The van der Waals surface area contributed by atoms with E-state index in [1.54, 1.807) is 11.8 Å². The van der Waals surface area contributed by atoms with Crippen LogP contribution in [0.15, 0.2) is 29.2 Å². The number of fused-ring (bicyclic) bond motifs is 1. The zero-order valence-corrected chi connectivity index (χ0v) is 10.8. The van der Waals surface area contributed by atoms with Crippen molar-refractivity contribution in [1.29, 1.82) is 0 Å². The third kappa shape index (κ3) is 2.70. The van der Waals surface area contributed by atoms with E-state index in [1.165, 1.54) is 0 Å². The van der Waals surface area contributed by atoms with Crippen molar-refractivity contribution >= 4 is 28.4 Å². The average molecular weight is 248 g/mol. The van der Waals surface area contributed by atoms with Gasteiger partial charge in [0.2, 0.25) is 0 Å². The second-order valence-corrected chi connectivity index (χ2v) is 5.63. The zero-order chi connectivity index (χ0) is 12.4.